The Bertz CT molecular complexity index is 6510. The Morgan fingerprint density at radius 2 is 0.856 bits per heavy atom. The summed E-state index contributed by atoms with van der Waals surface area (Å²) in [4.78, 5) is 95.0. The molecule has 10 aromatic carbocycles. The van der Waals surface area contributed by atoms with E-state index in [0.29, 0.717) is 140 Å². The molecule has 0 aliphatic carbocycles. The zero-order valence-electron chi connectivity index (χ0n) is 62.1. The van der Waals surface area contributed by atoms with Crippen LogP contribution in [0, 0.1) is 19.6 Å². The predicted octanol–water partition coefficient (Wildman–Crippen LogP) is 23.7. The van der Waals surface area contributed by atoms with E-state index in [1.165, 1.54) is 29.8 Å². The molecule has 4 N–H and O–H groups in total. The molecule has 0 spiro atoms. The minimum atomic E-state index is -0.547. The van der Waals surface area contributed by atoms with Gasteiger partial charge in [0.05, 0.1) is 60.5 Å². The Hall–Kier alpha value is -12.4. The minimum Gasteiger partial charge on any atom is -0.497 e. The van der Waals surface area contributed by atoms with Crippen molar-refractivity contribution in [2.45, 2.75) is 50.8 Å². The van der Waals surface area contributed by atoms with E-state index in [-0.39, 0.29) is 90.1 Å². The number of para-hydroxylation sites is 1. The van der Waals surface area contributed by atoms with Gasteiger partial charge < -0.3 is 57.3 Å². The second-order valence-electron chi connectivity index (χ2n) is 26.6. The van der Waals surface area contributed by atoms with Crippen molar-refractivity contribution in [3.8, 4) is 68.4 Å². The molecule has 25 nitrogen and oxygen atoms in total. The third kappa shape index (κ3) is 17.4. The van der Waals surface area contributed by atoms with Gasteiger partial charge in [-0.25, -0.2) is 4.79 Å². The Labute approximate surface area is 708 Å². The predicted molar refractivity (Wildman–Crippen MR) is 463 cm³/mol. The summed E-state index contributed by atoms with van der Waals surface area (Å²) >= 11 is 40.5. The van der Waals surface area contributed by atoms with E-state index < -0.39 is 5.63 Å². The molecule has 118 heavy (non-hydrogen) atoms. The smallest absolute Gasteiger partial charge is 0.336 e. The lowest BCUT2D eigenvalue weighted by Gasteiger charge is -2.15. The van der Waals surface area contributed by atoms with E-state index in [4.69, 9.17) is 83.5 Å². The van der Waals surface area contributed by atoms with Crippen molar-refractivity contribution in [2.24, 2.45) is 20.7 Å². The number of hydrogen-bond donors (Lipinski definition) is 4. The maximum atomic E-state index is 12.6. The van der Waals surface area contributed by atoms with Crippen molar-refractivity contribution in [1.29, 1.82) is 0 Å². The van der Waals surface area contributed by atoms with Crippen LogP contribution in [0.15, 0.2) is 236 Å². The van der Waals surface area contributed by atoms with E-state index in [2.05, 4.69) is 41.4 Å². The number of nitrogens with zero attached hydrogens (tertiary/aromatic N) is 9. The van der Waals surface area contributed by atoms with Crippen molar-refractivity contribution < 1.29 is 53.4 Å². The maximum Gasteiger partial charge on any atom is 0.336 e. The quantitative estimate of drug-likeness (QED) is 0.0152. The first-order valence-electron chi connectivity index (χ1n) is 36.0. The number of aryl methyl sites for hydroxylation is 2. The fourth-order valence-electron chi connectivity index (χ4n) is 14.0. The highest BCUT2D eigenvalue weighted by molar-refractivity contribution is 9.08. The van der Waals surface area contributed by atoms with Gasteiger partial charge in [0.15, 0.2) is 22.7 Å². The molecule has 5 aromatic heterocycles. The fourth-order valence-corrected chi connectivity index (χ4v) is 15.9. The zero-order valence-corrected chi connectivity index (χ0v) is 68.2. The average molecular weight is 1770 g/mol. The van der Waals surface area contributed by atoms with Gasteiger partial charge in [0.25, 0.3) is 11.8 Å². The number of carbonyl (C=O) groups is 3. The molecule has 32 heteroatoms. The standard InChI is InChI=1S/C25H17Cl2N3O4.C25H16Cl2N2O5.C22H16Cl2N2O3.C14H15BrN2O4/c26-15-7-9-16(20(27)13-15)14-6-8-19-21(12-14)29(25(33)22(19)28-34)10-3-11-30-23(31)17-4-1-2-5-18(17)24(30)32;1-33-16-4-7-18-14(9-23(30)34-22(18)11-16)12-29-21-8-13(17-6-3-15(26)10-20(17)27)2-5-19(21)24(28-32)25(29)31;23-15-7-9-17(19(24)13-15)14-6-8-18-20(12-14)26(22(27)21(18)25-28)10-11-29-16-4-2-1-3-5-16;1-21-12(18)3-2-6-17-11-7-9(8-15)4-5-10(11)13(16-20)14(17)19/h1-2,4-9,12-13,33H,3,10-11H2;2-11,31H,12H2,1H3;1-9,12-13,27H,10-11H2;4-5,7,19H,2-3,6,8H2,1H3. The summed E-state index contributed by atoms with van der Waals surface area (Å²) in [6.07, 6.45) is 1.12. The van der Waals surface area contributed by atoms with Gasteiger partial charge in [0, 0.05) is 117 Å². The number of aromatic hydroxyl groups is 4. The zero-order chi connectivity index (χ0) is 83.8. The van der Waals surface area contributed by atoms with Crippen molar-refractivity contribution in [3.63, 3.8) is 0 Å². The number of benzene rings is 10. The van der Waals surface area contributed by atoms with E-state index in [9.17, 15) is 59.2 Å². The van der Waals surface area contributed by atoms with Crippen LogP contribution < -0.4 is 15.1 Å². The molecule has 0 saturated heterocycles. The lowest BCUT2D eigenvalue weighted by molar-refractivity contribution is -0.140. The molecule has 1 aliphatic rings. The van der Waals surface area contributed by atoms with Gasteiger partial charge in [-0.1, -0.05) is 164 Å². The summed E-state index contributed by atoms with van der Waals surface area (Å²) in [5.74, 6) is -0.645. The summed E-state index contributed by atoms with van der Waals surface area (Å²) in [5, 5.41) is 60.6. The average Bonchev–Trinajstić information content (AvgIpc) is 1.61. The number of esters is 1. The lowest BCUT2D eigenvalue weighted by atomic mass is 10.0. The second kappa shape index (κ2) is 36.8. The summed E-state index contributed by atoms with van der Waals surface area (Å²) in [5.41, 5.74) is 9.23. The number of imide groups is 1. The van der Waals surface area contributed by atoms with Crippen LogP contribution in [0.2, 0.25) is 30.1 Å². The number of aromatic nitrogens is 4. The van der Waals surface area contributed by atoms with Gasteiger partial charge in [-0.2, -0.15) is 0 Å². The molecule has 6 heterocycles. The van der Waals surface area contributed by atoms with Crippen LogP contribution in [0.4, 0.5) is 22.7 Å². The molecule has 0 radical (unpaired) electrons. The van der Waals surface area contributed by atoms with Crippen molar-refractivity contribution in [3.05, 3.63) is 289 Å². The van der Waals surface area contributed by atoms with Crippen molar-refractivity contribution in [1.82, 2.24) is 23.2 Å². The first-order chi connectivity index (χ1) is 57.0. The molecular formula is C86H64BrCl6N9O16. The summed E-state index contributed by atoms with van der Waals surface area (Å²) in [6, 6.07) is 59.7. The number of nitroso groups, excluding NO2 is 4. The molecule has 2 amide bonds. The Morgan fingerprint density at radius 1 is 0.432 bits per heavy atom. The van der Waals surface area contributed by atoms with Crippen LogP contribution >= 0.6 is 85.5 Å². The third-order valence-corrected chi connectivity index (χ3v) is 22.0. The van der Waals surface area contributed by atoms with E-state index in [1.807, 2.05) is 60.7 Å². The van der Waals surface area contributed by atoms with Gasteiger partial charge in [-0.3, -0.25) is 19.3 Å². The minimum absolute atomic E-state index is 0.00784. The number of carbonyl (C=O) groups excluding carboxylic acids is 3. The molecule has 0 bridgehead atoms. The summed E-state index contributed by atoms with van der Waals surface area (Å²) in [6.45, 7) is 1.56. The highest BCUT2D eigenvalue weighted by Crippen LogP contribution is 2.47. The number of methoxy groups -OCH3 is 2. The van der Waals surface area contributed by atoms with E-state index in [1.54, 1.807) is 153 Å². The number of amides is 2. The Morgan fingerprint density at radius 3 is 1.31 bits per heavy atom. The number of ether oxygens (including phenoxy) is 3. The van der Waals surface area contributed by atoms with Gasteiger partial charge in [-0.15, -0.1) is 19.6 Å². The summed E-state index contributed by atoms with van der Waals surface area (Å²) in [7, 11) is 2.85. The maximum absolute atomic E-state index is 12.6. The molecule has 1 aliphatic heterocycles. The number of halogens is 7. The van der Waals surface area contributed by atoms with Crippen LogP contribution in [-0.2, 0) is 41.0 Å². The largest absolute Gasteiger partial charge is 0.497 e. The van der Waals surface area contributed by atoms with Crippen LogP contribution in [0.1, 0.15) is 51.1 Å². The van der Waals surface area contributed by atoms with Crippen LogP contribution in [0.5, 0.6) is 35.0 Å². The molecule has 0 atom stereocenters. The first kappa shape index (κ1) is 83.5. The van der Waals surface area contributed by atoms with Crippen LogP contribution in [-0.4, -0.2) is 88.7 Å². The Kier molecular flexibility index (Phi) is 26.1. The van der Waals surface area contributed by atoms with Gasteiger partial charge in [0.1, 0.15) is 23.7 Å². The molecule has 15 aromatic rings. The molecule has 0 saturated carbocycles. The number of fused-ring (bicyclic) bond motifs is 6. The van der Waals surface area contributed by atoms with E-state index in [0.717, 1.165) is 50.2 Å². The first-order valence-corrected chi connectivity index (χ1v) is 39.3. The molecule has 0 unspecified atom stereocenters. The summed E-state index contributed by atoms with van der Waals surface area (Å²) < 4.78 is 27.1. The molecular weight excluding hydrogens is 1710 g/mol. The number of hydrogen-bond acceptors (Lipinski definition) is 20. The monoisotopic (exact) mass is 1770 g/mol. The van der Waals surface area contributed by atoms with Crippen LogP contribution in [0.25, 0.3) is 88.0 Å². The topological polar surface area (TPSA) is 331 Å². The molecule has 0 fully saturated rings. The second-order valence-corrected chi connectivity index (χ2v) is 29.7. The number of alkyl halides is 1. The van der Waals surface area contributed by atoms with E-state index >= 15 is 0 Å². The lowest BCUT2D eigenvalue weighted by Crippen LogP contribution is -2.31. The number of rotatable bonds is 23. The SMILES string of the molecule is COC(=O)CCCn1c(O)c(N=O)c2ccc(CBr)cc21.COc1ccc2c(Cn3c(O)c(N=O)c4ccc(-c5ccc(Cl)cc5Cl)cc43)cc(=O)oc2c1.O=Nc1c(O)n(CCCN2C(=O)c3ccccc3C2=O)c2cc(-c3ccc(Cl)cc3Cl)ccc12.O=Nc1c(O)n(CCOc2ccccc2)c2cc(-c3ccc(Cl)cc3Cl)ccc12. The third-order valence-electron chi connectivity index (χ3n) is 19.7. The normalized spacial score (nSPS) is 11.6. The highest BCUT2D eigenvalue weighted by Gasteiger charge is 2.35. The van der Waals surface area contributed by atoms with Gasteiger partial charge >= 0.3 is 11.6 Å². The van der Waals surface area contributed by atoms with Gasteiger partial charge in [-0.05, 0) is 177 Å². The fraction of sp³-hybridized carbons (Fsp3) is 0.140. The Balaban J connectivity index is 0.000000138. The molecule has 16 rings (SSSR count). The van der Waals surface area contributed by atoms with Crippen molar-refractivity contribution in [2.75, 3.05) is 27.4 Å². The van der Waals surface area contributed by atoms with Gasteiger partial charge in [0.2, 0.25) is 23.5 Å². The van der Waals surface area contributed by atoms with Crippen molar-refractivity contribution >= 4 is 181 Å². The highest BCUT2D eigenvalue weighted by atomic mass is 79.9. The molecule has 598 valence electrons. The van der Waals surface area contributed by atoms with Crippen LogP contribution in [0.3, 0.4) is 0 Å².